The van der Waals surface area contributed by atoms with Crippen LogP contribution in [0.5, 0.6) is 0 Å². The van der Waals surface area contributed by atoms with Gasteiger partial charge in [0.05, 0.1) is 10.5 Å². The van der Waals surface area contributed by atoms with Crippen LogP contribution in [0, 0.1) is 10.1 Å². The van der Waals surface area contributed by atoms with E-state index < -0.39 is 10.9 Å². The van der Waals surface area contributed by atoms with Gasteiger partial charge in [0.25, 0.3) is 5.69 Å². The molecule has 0 aliphatic rings. The van der Waals surface area contributed by atoms with Crippen molar-refractivity contribution in [2.75, 3.05) is 0 Å². The van der Waals surface area contributed by atoms with E-state index >= 15 is 0 Å². The van der Waals surface area contributed by atoms with Gasteiger partial charge in [0.1, 0.15) is 6.61 Å². The van der Waals surface area contributed by atoms with Crippen molar-refractivity contribution < 1.29 is 14.5 Å². The Morgan fingerprint density at radius 2 is 2.06 bits per heavy atom. The van der Waals surface area contributed by atoms with E-state index in [0.717, 1.165) is 0 Å². The summed E-state index contributed by atoms with van der Waals surface area (Å²) in [7, 11) is 0. The van der Waals surface area contributed by atoms with E-state index in [1.165, 1.54) is 13.0 Å². The number of nitrogens with zero attached hydrogens (tertiary/aromatic N) is 1. The first kappa shape index (κ1) is 15.6. The lowest BCUT2D eigenvalue weighted by atomic mass is 10.2. The van der Waals surface area contributed by atoms with E-state index in [0.29, 0.717) is 10.0 Å². The molecule has 94 valence electrons. The zero-order valence-electron chi connectivity index (χ0n) is 9.90. The molecule has 1 rings (SSSR count). The number of hydrogen-bond acceptors (Lipinski definition) is 4. The van der Waals surface area contributed by atoms with Gasteiger partial charge in [-0.25, -0.2) is 0 Å². The molecule has 6 heteroatoms. The van der Waals surface area contributed by atoms with E-state index in [-0.39, 0.29) is 12.3 Å². The van der Waals surface area contributed by atoms with Crippen LogP contribution in [0.4, 0.5) is 5.69 Å². The maximum Gasteiger partial charge on any atom is 0.302 e. The molecule has 0 saturated carbocycles. The van der Waals surface area contributed by atoms with Gasteiger partial charge in [-0.15, -0.1) is 0 Å². The third-order valence-corrected chi connectivity index (χ3v) is 2.45. The second-order valence-electron chi connectivity index (χ2n) is 2.77. The zero-order chi connectivity index (χ0) is 13.4. The lowest BCUT2D eigenvalue weighted by Gasteiger charge is -2.05. The Hall–Kier alpha value is -1.43. The highest BCUT2D eigenvalue weighted by molar-refractivity contribution is 9.10. The lowest BCUT2D eigenvalue weighted by molar-refractivity contribution is -0.385. The number of benzene rings is 1. The van der Waals surface area contributed by atoms with E-state index in [9.17, 15) is 14.9 Å². The summed E-state index contributed by atoms with van der Waals surface area (Å²) >= 11 is 3.17. The normalized spacial score (nSPS) is 8.94. The van der Waals surface area contributed by atoms with Crippen molar-refractivity contribution in [2.24, 2.45) is 0 Å². The summed E-state index contributed by atoms with van der Waals surface area (Å²) in [4.78, 5) is 20.8. The van der Waals surface area contributed by atoms with Crippen molar-refractivity contribution >= 4 is 27.6 Å². The van der Waals surface area contributed by atoms with Crippen LogP contribution in [-0.2, 0) is 16.1 Å². The Kier molecular flexibility index (Phi) is 7.13. The number of nitro groups is 1. The van der Waals surface area contributed by atoms with Crippen molar-refractivity contribution in [3.8, 4) is 0 Å². The van der Waals surface area contributed by atoms with Crippen LogP contribution >= 0.6 is 15.9 Å². The molecule has 0 aliphatic heterocycles. The molecule has 1 aromatic rings. The molecule has 17 heavy (non-hydrogen) atoms. The minimum absolute atomic E-state index is 0.0642. The Labute approximate surface area is 108 Å². The van der Waals surface area contributed by atoms with Gasteiger partial charge in [0.15, 0.2) is 0 Å². The largest absolute Gasteiger partial charge is 0.461 e. The molecular weight excluding hydrogens is 290 g/mol. The molecule has 0 N–H and O–H groups in total. The van der Waals surface area contributed by atoms with Crippen LogP contribution in [0.25, 0.3) is 0 Å². The maximum absolute atomic E-state index is 10.7. The average Bonchev–Trinajstić information content (AvgIpc) is 2.29. The summed E-state index contributed by atoms with van der Waals surface area (Å²) in [6.07, 6.45) is 0. The highest BCUT2D eigenvalue weighted by atomic mass is 79.9. The second-order valence-corrected chi connectivity index (χ2v) is 3.63. The molecule has 0 radical (unpaired) electrons. The van der Waals surface area contributed by atoms with Gasteiger partial charge in [-0.2, -0.15) is 0 Å². The predicted octanol–water partition coefficient (Wildman–Crippen LogP) is 3.45. The Morgan fingerprint density at radius 1 is 1.47 bits per heavy atom. The smallest absolute Gasteiger partial charge is 0.302 e. The molecule has 0 saturated heterocycles. The number of carbonyl (C=O) groups excluding carboxylic acids is 1. The summed E-state index contributed by atoms with van der Waals surface area (Å²) in [5.41, 5.74) is 0.295. The number of halogens is 1. The van der Waals surface area contributed by atoms with Gasteiger partial charge in [-0.1, -0.05) is 35.8 Å². The van der Waals surface area contributed by atoms with Crippen LogP contribution < -0.4 is 0 Å². The second kappa shape index (κ2) is 7.78. The maximum atomic E-state index is 10.7. The first-order valence-electron chi connectivity index (χ1n) is 5.07. The summed E-state index contributed by atoms with van der Waals surface area (Å²) in [6.45, 7) is 5.15. The number of carbonyl (C=O) groups is 1. The van der Waals surface area contributed by atoms with Gasteiger partial charge in [0, 0.05) is 17.5 Å². The molecule has 0 aromatic heterocycles. The summed E-state index contributed by atoms with van der Waals surface area (Å²) in [5, 5.41) is 10.7. The third kappa shape index (κ3) is 4.95. The minimum atomic E-state index is -0.510. The molecule has 0 fully saturated rings. The molecule has 0 unspecified atom stereocenters. The Balaban J connectivity index is 0.00000121. The quantitative estimate of drug-likeness (QED) is 0.487. The first-order valence-corrected chi connectivity index (χ1v) is 5.87. The van der Waals surface area contributed by atoms with Crippen molar-refractivity contribution in [1.82, 2.24) is 0 Å². The molecule has 5 nitrogen and oxygen atoms in total. The number of esters is 1. The van der Waals surface area contributed by atoms with Crippen molar-refractivity contribution in [3.63, 3.8) is 0 Å². The number of ether oxygens (including phenoxy) is 1. The molecule has 0 atom stereocenters. The van der Waals surface area contributed by atoms with Gasteiger partial charge in [-0.05, 0) is 6.07 Å². The van der Waals surface area contributed by atoms with Crippen molar-refractivity contribution in [2.45, 2.75) is 27.4 Å². The standard InChI is InChI=1S/C9H8BrNO4.C2H6/c1-6(12)15-5-7-8(10)3-2-4-9(7)11(13)14;1-2/h2-4H,5H2,1H3;1-2H3. The highest BCUT2D eigenvalue weighted by Gasteiger charge is 2.16. The van der Waals surface area contributed by atoms with E-state index in [1.54, 1.807) is 12.1 Å². The third-order valence-electron chi connectivity index (χ3n) is 1.71. The highest BCUT2D eigenvalue weighted by Crippen LogP contribution is 2.27. The first-order chi connectivity index (χ1) is 8.02. The predicted molar refractivity (Wildman–Crippen MR) is 67.6 cm³/mol. The van der Waals surface area contributed by atoms with Crippen LogP contribution in [0.3, 0.4) is 0 Å². The number of rotatable bonds is 3. The molecule has 0 amide bonds. The van der Waals surface area contributed by atoms with Crippen LogP contribution in [-0.4, -0.2) is 10.9 Å². The molecule has 0 bridgehead atoms. The zero-order valence-corrected chi connectivity index (χ0v) is 11.5. The van der Waals surface area contributed by atoms with E-state index in [4.69, 9.17) is 4.74 Å². The van der Waals surface area contributed by atoms with E-state index in [1.807, 2.05) is 13.8 Å². The molecule has 0 aliphatic carbocycles. The lowest BCUT2D eigenvalue weighted by Crippen LogP contribution is -2.02. The van der Waals surface area contributed by atoms with Crippen LogP contribution in [0.1, 0.15) is 26.3 Å². The Bertz CT molecular complexity index is 406. The SMILES string of the molecule is CC.CC(=O)OCc1c(Br)cccc1[N+](=O)[O-]. The Morgan fingerprint density at radius 3 is 2.53 bits per heavy atom. The fourth-order valence-corrected chi connectivity index (χ4v) is 1.51. The van der Waals surface area contributed by atoms with E-state index in [2.05, 4.69) is 15.9 Å². The van der Waals surface area contributed by atoms with Gasteiger partial charge in [0.2, 0.25) is 0 Å². The summed E-state index contributed by atoms with van der Waals surface area (Å²) in [6, 6.07) is 4.58. The van der Waals surface area contributed by atoms with Gasteiger partial charge in [-0.3, -0.25) is 14.9 Å². The van der Waals surface area contributed by atoms with Crippen molar-refractivity contribution in [1.29, 1.82) is 0 Å². The minimum Gasteiger partial charge on any atom is -0.461 e. The summed E-state index contributed by atoms with van der Waals surface area (Å²) < 4.78 is 5.28. The molecule has 0 heterocycles. The average molecular weight is 304 g/mol. The topological polar surface area (TPSA) is 69.4 Å². The van der Waals surface area contributed by atoms with Crippen LogP contribution in [0.15, 0.2) is 22.7 Å². The van der Waals surface area contributed by atoms with Crippen LogP contribution in [0.2, 0.25) is 0 Å². The summed E-state index contributed by atoms with van der Waals surface area (Å²) in [5.74, 6) is -0.472. The number of nitro benzene ring substituents is 1. The van der Waals surface area contributed by atoms with Crippen molar-refractivity contribution in [3.05, 3.63) is 38.3 Å². The fraction of sp³-hybridized carbons (Fsp3) is 0.364. The molecular formula is C11H14BrNO4. The van der Waals surface area contributed by atoms with Gasteiger partial charge < -0.3 is 4.74 Å². The molecule has 1 aromatic carbocycles. The fourth-order valence-electron chi connectivity index (χ4n) is 1.04. The number of hydrogen-bond donors (Lipinski definition) is 0. The molecule has 0 spiro atoms. The van der Waals surface area contributed by atoms with Gasteiger partial charge >= 0.3 is 5.97 Å². The monoisotopic (exact) mass is 303 g/mol.